The van der Waals surface area contributed by atoms with Crippen molar-refractivity contribution in [2.24, 2.45) is 0 Å². The molecular weight excluding hydrogens is 388 g/mol. The maximum atomic E-state index is 12.1. The van der Waals surface area contributed by atoms with Crippen molar-refractivity contribution < 1.29 is 19.1 Å². The van der Waals surface area contributed by atoms with Crippen LogP contribution < -0.4 is 10.6 Å². The van der Waals surface area contributed by atoms with Crippen LogP contribution in [0.3, 0.4) is 0 Å². The number of amides is 2. The van der Waals surface area contributed by atoms with Gasteiger partial charge in [-0.2, -0.15) is 0 Å². The highest BCUT2D eigenvalue weighted by molar-refractivity contribution is 9.10. The van der Waals surface area contributed by atoms with Gasteiger partial charge in [0, 0.05) is 22.8 Å². The van der Waals surface area contributed by atoms with Crippen molar-refractivity contribution in [3.05, 3.63) is 58.6 Å². The Balaban J connectivity index is 1.93. The number of halogens is 1. The van der Waals surface area contributed by atoms with Crippen LogP contribution in [-0.2, 0) is 14.3 Å². The number of nitrogens with one attached hydrogen (secondary N) is 2. The maximum Gasteiger partial charge on any atom is 0.338 e. The van der Waals surface area contributed by atoms with E-state index < -0.39 is 18.0 Å². The molecule has 0 aliphatic rings. The van der Waals surface area contributed by atoms with Crippen molar-refractivity contribution in [3.8, 4) is 0 Å². The van der Waals surface area contributed by atoms with E-state index in [4.69, 9.17) is 4.74 Å². The van der Waals surface area contributed by atoms with E-state index in [-0.39, 0.29) is 11.5 Å². The Kier molecular flexibility index (Phi) is 6.30. The smallest absolute Gasteiger partial charge is 0.338 e. The summed E-state index contributed by atoms with van der Waals surface area (Å²) in [5, 5.41) is 5.27. The van der Waals surface area contributed by atoms with Crippen LogP contribution in [0.25, 0.3) is 0 Å². The van der Waals surface area contributed by atoms with Crippen LogP contribution in [0, 0.1) is 0 Å². The SMILES string of the molecule is CC(=O)Nc1ccc(C(=O)O[C@H](C)C(=O)Nc2ccc(Br)cc2)cc1. The Morgan fingerprint density at radius 1 is 0.920 bits per heavy atom. The van der Waals surface area contributed by atoms with Gasteiger partial charge in [-0.3, -0.25) is 9.59 Å². The summed E-state index contributed by atoms with van der Waals surface area (Å²) >= 11 is 3.31. The molecule has 0 unspecified atom stereocenters. The largest absolute Gasteiger partial charge is 0.449 e. The number of carbonyl (C=O) groups excluding carboxylic acids is 3. The van der Waals surface area contributed by atoms with Crippen molar-refractivity contribution >= 4 is 45.1 Å². The van der Waals surface area contributed by atoms with E-state index in [1.165, 1.54) is 26.0 Å². The molecule has 1 atom stereocenters. The fraction of sp³-hybridized carbons (Fsp3) is 0.167. The lowest BCUT2D eigenvalue weighted by Gasteiger charge is -2.14. The molecule has 25 heavy (non-hydrogen) atoms. The van der Waals surface area contributed by atoms with E-state index in [9.17, 15) is 14.4 Å². The molecule has 2 aromatic carbocycles. The first-order valence-electron chi connectivity index (χ1n) is 7.50. The molecule has 0 saturated carbocycles. The first-order valence-corrected chi connectivity index (χ1v) is 8.29. The quantitative estimate of drug-likeness (QED) is 0.745. The molecule has 0 aliphatic heterocycles. The lowest BCUT2D eigenvalue weighted by atomic mass is 10.2. The second-order valence-corrected chi connectivity index (χ2v) is 6.22. The van der Waals surface area contributed by atoms with Crippen LogP contribution in [0.15, 0.2) is 53.0 Å². The number of carbonyl (C=O) groups is 3. The van der Waals surface area contributed by atoms with Gasteiger partial charge in [0.05, 0.1) is 5.56 Å². The Morgan fingerprint density at radius 2 is 1.44 bits per heavy atom. The van der Waals surface area contributed by atoms with Crippen LogP contribution in [0.5, 0.6) is 0 Å². The second-order valence-electron chi connectivity index (χ2n) is 5.30. The number of benzene rings is 2. The third-order valence-electron chi connectivity index (χ3n) is 3.21. The predicted molar refractivity (Wildman–Crippen MR) is 98.4 cm³/mol. The average Bonchev–Trinajstić information content (AvgIpc) is 2.57. The highest BCUT2D eigenvalue weighted by Gasteiger charge is 2.19. The zero-order valence-corrected chi connectivity index (χ0v) is 15.3. The van der Waals surface area contributed by atoms with Gasteiger partial charge in [-0.25, -0.2) is 4.79 Å². The Morgan fingerprint density at radius 3 is 2.00 bits per heavy atom. The van der Waals surface area contributed by atoms with Gasteiger partial charge in [0.2, 0.25) is 5.91 Å². The van der Waals surface area contributed by atoms with Crippen LogP contribution in [0.1, 0.15) is 24.2 Å². The normalized spacial score (nSPS) is 11.3. The summed E-state index contributed by atoms with van der Waals surface area (Å²) in [6.45, 7) is 2.89. The van der Waals surface area contributed by atoms with Crippen LogP contribution >= 0.6 is 15.9 Å². The maximum absolute atomic E-state index is 12.1. The zero-order chi connectivity index (χ0) is 18.4. The van der Waals surface area contributed by atoms with E-state index in [1.807, 2.05) is 0 Å². The number of hydrogen-bond donors (Lipinski definition) is 2. The zero-order valence-electron chi connectivity index (χ0n) is 13.7. The van der Waals surface area contributed by atoms with Gasteiger partial charge in [-0.15, -0.1) is 0 Å². The van der Waals surface area contributed by atoms with Crippen LogP contribution in [-0.4, -0.2) is 23.9 Å². The van der Waals surface area contributed by atoms with Gasteiger partial charge in [-0.05, 0) is 55.5 Å². The number of hydrogen-bond acceptors (Lipinski definition) is 4. The van der Waals surface area contributed by atoms with Crippen molar-refractivity contribution in [2.45, 2.75) is 20.0 Å². The predicted octanol–water partition coefficient (Wildman–Crippen LogP) is 3.59. The molecule has 2 N–H and O–H groups in total. The molecule has 0 aliphatic carbocycles. The first kappa shape index (κ1) is 18.7. The monoisotopic (exact) mass is 404 g/mol. The average molecular weight is 405 g/mol. The molecule has 0 aromatic heterocycles. The molecule has 2 rings (SSSR count). The molecule has 0 radical (unpaired) electrons. The minimum atomic E-state index is -0.953. The minimum Gasteiger partial charge on any atom is -0.449 e. The lowest BCUT2D eigenvalue weighted by molar-refractivity contribution is -0.123. The molecule has 6 nitrogen and oxygen atoms in total. The fourth-order valence-corrected chi connectivity index (χ4v) is 2.22. The van der Waals surface area contributed by atoms with E-state index in [0.29, 0.717) is 11.4 Å². The van der Waals surface area contributed by atoms with Crippen LogP contribution in [0.4, 0.5) is 11.4 Å². The highest BCUT2D eigenvalue weighted by Crippen LogP contribution is 2.15. The van der Waals surface area contributed by atoms with Crippen molar-refractivity contribution in [2.75, 3.05) is 10.6 Å². The third-order valence-corrected chi connectivity index (χ3v) is 3.73. The van der Waals surface area contributed by atoms with E-state index >= 15 is 0 Å². The highest BCUT2D eigenvalue weighted by atomic mass is 79.9. The summed E-state index contributed by atoms with van der Waals surface area (Å²) in [6.07, 6.45) is -0.953. The summed E-state index contributed by atoms with van der Waals surface area (Å²) in [5.41, 5.74) is 1.47. The Bertz CT molecular complexity index is 773. The number of anilines is 2. The first-order chi connectivity index (χ1) is 11.8. The third kappa shape index (κ3) is 5.72. The molecular formula is C18H17BrN2O4. The van der Waals surface area contributed by atoms with E-state index in [1.54, 1.807) is 36.4 Å². The van der Waals surface area contributed by atoms with Gasteiger partial charge in [0.25, 0.3) is 5.91 Å². The minimum absolute atomic E-state index is 0.200. The molecule has 0 spiro atoms. The number of ether oxygens (including phenoxy) is 1. The summed E-state index contributed by atoms with van der Waals surface area (Å²) in [5.74, 6) is -1.24. The number of esters is 1. The summed E-state index contributed by atoms with van der Waals surface area (Å²) < 4.78 is 6.06. The van der Waals surface area contributed by atoms with Crippen molar-refractivity contribution in [1.82, 2.24) is 0 Å². The molecule has 0 heterocycles. The van der Waals surface area contributed by atoms with Gasteiger partial charge in [-0.1, -0.05) is 15.9 Å². The van der Waals surface area contributed by atoms with Gasteiger partial charge in [0.1, 0.15) is 0 Å². The molecule has 0 fully saturated rings. The standard InChI is InChI=1S/C18H17BrN2O4/c1-11(17(23)21-16-9-5-14(19)6-10-16)25-18(24)13-3-7-15(8-4-13)20-12(2)22/h3-11H,1-2H3,(H,20,22)(H,21,23)/t11-/m1/s1. The van der Waals surface area contributed by atoms with Crippen LogP contribution in [0.2, 0.25) is 0 Å². The Labute approximate surface area is 153 Å². The molecule has 130 valence electrons. The molecule has 7 heteroatoms. The fourth-order valence-electron chi connectivity index (χ4n) is 1.95. The van der Waals surface area contributed by atoms with Crippen molar-refractivity contribution in [3.63, 3.8) is 0 Å². The van der Waals surface area contributed by atoms with Gasteiger partial charge in [0.15, 0.2) is 6.10 Å². The molecule has 2 amide bonds. The summed E-state index contributed by atoms with van der Waals surface area (Å²) in [4.78, 5) is 35.2. The summed E-state index contributed by atoms with van der Waals surface area (Å²) in [7, 11) is 0. The second kappa shape index (κ2) is 8.43. The summed E-state index contributed by atoms with van der Waals surface area (Å²) in [6, 6.07) is 13.3. The molecule has 0 saturated heterocycles. The Hall–Kier alpha value is -2.67. The number of rotatable bonds is 5. The van der Waals surface area contributed by atoms with Crippen molar-refractivity contribution in [1.29, 1.82) is 0 Å². The van der Waals surface area contributed by atoms with Gasteiger partial charge < -0.3 is 15.4 Å². The molecule has 2 aromatic rings. The van der Waals surface area contributed by atoms with Gasteiger partial charge >= 0.3 is 5.97 Å². The topological polar surface area (TPSA) is 84.5 Å². The lowest BCUT2D eigenvalue weighted by Crippen LogP contribution is -2.30. The van der Waals surface area contributed by atoms with E-state index in [0.717, 1.165) is 4.47 Å². The van der Waals surface area contributed by atoms with E-state index in [2.05, 4.69) is 26.6 Å². The molecule has 0 bridgehead atoms.